The lowest BCUT2D eigenvalue weighted by atomic mass is 10.2. The first-order chi connectivity index (χ1) is 12.9. The lowest BCUT2D eigenvalue weighted by Gasteiger charge is -2.03. The van der Waals surface area contributed by atoms with Gasteiger partial charge in [-0.15, -0.1) is 0 Å². The number of aryl methyl sites for hydroxylation is 1. The van der Waals surface area contributed by atoms with Crippen LogP contribution in [0.2, 0.25) is 0 Å². The van der Waals surface area contributed by atoms with E-state index in [9.17, 15) is 20.2 Å². The Bertz CT molecular complexity index is 1050. The molecular formula is C18H15N5O4. The van der Waals surface area contributed by atoms with E-state index in [-0.39, 0.29) is 11.4 Å². The molecule has 1 aromatic heterocycles. The number of hydrogen-bond donors (Lipinski definition) is 0. The smallest absolute Gasteiger partial charge is 0.258 e. The maximum atomic E-state index is 10.9. The lowest BCUT2D eigenvalue weighted by molar-refractivity contribution is -0.385. The largest absolute Gasteiger partial charge is 0.270 e. The minimum absolute atomic E-state index is 0.00389. The Hall–Kier alpha value is -3.88. The molecule has 0 saturated carbocycles. The molecule has 0 N–H and O–H groups in total. The molecular weight excluding hydrogens is 350 g/mol. The van der Waals surface area contributed by atoms with Crippen LogP contribution in [0.3, 0.4) is 0 Å². The molecule has 136 valence electrons. The predicted molar refractivity (Wildman–Crippen MR) is 100 cm³/mol. The quantitative estimate of drug-likeness (QED) is 0.384. The van der Waals surface area contributed by atoms with Crippen molar-refractivity contribution in [2.45, 2.75) is 13.8 Å². The molecule has 0 saturated heterocycles. The Morgan fingerprint density at radius 3 is 2.30 bits per heavy atom. The summed E-state index contributed by atoms with van der Waals surface area (Å²) in [6, 6.07) is 12.2. The van der Waals surface area contributed by atoms with Crippen LogP contribution in [0.5, 0.6) is 0 Å². The number of hydrogen-bond acceptors (Lipinski definition) is 6. The van der Waals surface area contributed by atoms with Crippen molar-refractivity contribution < 1.29 is 9.85 Å². The first kappa shape index (κ1) is 17.9. The van der Waals surface area contributed by atoms with E-state index >= 15 is 0 Å². The van der Waals surface area contributed by atoms with Crippen molar-refractivity contribution in [3.05, 3.63) is 85.7 Å². The monoisotopic (exact) mass is 365 g/mol. The van der Waals surface area contributed by atoms with E-state index in [2.05, 4.69) is 10.1 Å². The molecule has 9 nitrogen and oxygen atoms in total. The number of benzene rings is 2. The highest BCUT2D eigenvalue weighted by Crippen LogP contribution is 2.26. The van der Waals surface area contributed by atoms with E-state index < -0.39 is 9.85 Å². The summed E-state index contributed by atoms with van der Waals surface area (Å²) in [7, 11) is 0. The molecule has 0 radical (unpaired) electrons. The zero-order chi connectivity index (χ0) is 19.6. The third-order valence-corrected chi connectivity index (χ3v) is 3.98. The topological polar surface area (TPSA) is 116 Å². The van der Waals surface area contributed by atoms with Crippen LogP contribution < -0.4 is 0 Å². The second-order valence-corrected chi connectivity index (χ2v) is 5.82. The van der Waals surface area contributed by atoms with Gasteiger partial charge in [0.25, 0.3) is 11.4 Å². The number of nitrogens with zero attached hydrogens (tertiary/aromatic N) is 5. The summed E-state index contributed by atoms with van der Waals surface area (Å²) >= 11 is 0. The molecule has 0 aliphatic rings. The normalized spacial score (nSPS) is 11.0. The van der Waals surface area contributed by atoms with Gasteiger partial charge >= 0.3 is 0 Å². The van der Waals surface area contributed by atoms with E-state index in [4.69, 9.17) is 0 Å². The van der Waals surface area contributed by atoms with Gasteiger partial charge in [0.15, 0.2) is 0 Å². The summed E-state index contributed by atoms with van der Waals surface area (Å²) in [6.07, 6.45) is 1.55. The molecule has 0 amide bonds. The van der Waals surface area contributed by atoms with Crippen LogP contribution in [0.4, 0.5) is 17.1 Å². The van der Waals surface area contributed by atoms with Gasteiger partial charge in [-0.25, -0.2) is 4.68 Å². The van der Waals surface area contributed by atoms with Crippen molar-refractivity contribution in [3.63, 3.8) is 0 Å². The van der Waals surface area contributed by atoms with Gasteiger partial charge in [0.2, 0.25) is 0 Å². The number of nitro groups is 2. The minimum atomic E-state index is -0.459. The zero-order valence-corrected chi connectivity index (χ0v) is 14.6. The van der Waals surface area contributed by atoms with Gasteiger partial charge in [0.1, 0.15) is 5.69 Å². The SMILES string of the molecule is Cc1nn(-c2ccc([N+](=O)[O-])cc2)c(C)c1N=Cc1cccc([N+](=O)[O-])c1. The molecule has 0 aliphatic carbocycles. The molecule has 3 rings (SSSR count). The molecule has 0 bridgehead atoms. The van der Waals surface area contributed by atoms with Gasteiger partial charge in [-0.3, -0.25) is 25.2 Å². The Kier molecular flexibility index (Phi) is 4.75. The molecule has 0 spiro atoms. The molecule has 0 atom stereocenters. The van der Waals surface area contributed by atoms with Crippen LogP contribution in [0.1, 0.15) is 17.0 Å². The highest BCUT2D eigenvalue weighted by molar-refractivity contribution is 5.83. The van der Waals surface area contributed by atoms with E-state index in [0.29, 0.717) is 22.6 Å². The Morgan fingerprint density at radius 1 is 1.00 bits per heavy atom. The third-order valence-electron chi connectivity index (χ3n) is 3.98. The van der Waals surface area contributed by atoms with Crippen LogP contribution in [-0.4, -0.2) is 25.8 Å². The van der Waals surface area contributed by atoms with Gasteiger partial charge in [-0.1, -0.05) is 12.1 Å². The van der Waals surface area contributed by atoms with Crippen LogP contribution in [0, 0.1) is 34.1 Å². The lowest BCUT2D eigenvalue weighted by Crippen LogP contribution is -1.99. The van der Waals surface area contributed by atoms with Crippen molar-refractivity contribution in [3.8, 4) is 5.69 Å². The van der Waals surface area contributed by atoms with Gasteiger partial charge in [0, 0.05) is 30.5 Å². The van der Waals surface area contributed by atoms with Crippen LogP contribution in [0.15, 0.2) is 53.5 Å². The van der Waals surface area contributed by atoms with Crippen molar-refractivity contribution in [2.75, 3.05) is 0 Å². The average Bonchev–Trinajstić information content (AvgIpc) is 2.94. The molecule has 9 heteroatoms. The number of nitro benzene ring substituents is 2. The molecule has 2 aromatic carbocycles. The molecule has 3 aromatic rings. The van der Waals surface area contributed by atoms with Crippen LogP contribution >= 0.6 is 0 Å². The van der Waals surface area contributed by atoms with E-state index in [1.807, 2.05) is 6.92 Å². The Labute approximate surface area is 153 Å². The van der Waals surface area contributed by atoms with Crippen molar-refractivity contribution >= 4 is 23.3 Å². The number of aromatic nitrogens is 2. The van der Waals surface area contributed by atoms with Gasteiger partial charge in [-0.05, 0) is 31.5 Å². The Morgan fingerprint density at radius 2 is 1.67 bits per heavy atom. The van der Waals surface area contributed by atoms with Gasteiger partial charge in [0.05, 0.1) is 26.9 Å². The van der Waals surface area contributed by atoms with Crippen molar-refractivity contribution in [2.24, 2.45) is 4.99 Å². The molecule has 27 heavy (non-hydrogen) atoms. The summed E-state index contributed by atoms with van der Waals surface area (Å²) < 4.78 is 1.65. The van der Waals surface area contributed by atoms with E-state index in [1.54, 1.807) is 42.1 Å². The average molecular weight is 365 g/mol. The summed E-state index contributed by atoms with van der Waals surface area (Å²) in [5.41, 5.74) is 3.35. The molecule has 0 aliphatic heterocycles. The van der Waals surface area contributed by atoms with Crippen molar-refractivity contribution in [1.29, 1.82) is 0 Å². The molecule has 1 heterocycles. The van der Waals surface area contributed by atoms with Gasteiger partial charge < -0.3 is 0 Å². The first-order valence-corrected chi connectivity index (χ1v) is 7.96. The maximum Gasteiger partial charge on any atom is 0.270 e. The first-order valence-electron chi connectivity index (χ1n) is 7.96. The fourth-order valence-electron chi connectivity index (χ4n) is 2.65. The second kappa shape index (κ2) is 7.16. The van der Waals surface area contributed by atoms with Crippen LogP contribution in [0.25, 0.3) is 5.69 Å². The third kappa shape index (κ3) is 3.71. The fourth-order valence-corrected chi connectivity index (χ4v) is 2.65. The Balaban J connectivity index is 1.93. The molecule has 0 fully saturated rings. The fraction of sp³-hybridized carbons (Fsp3) is 0.111. The molecule has 0 unspecified atom stereocenters. The second-order valence-electron chi connectivity index (χ2n) is 5.82. The highest BCUT2D eigenvalue weighted by Gasteiger charge is 2.13. The van der Waals surface area contributed by atoms with E-state index in [1.165, 1.54) is 24.3 Å². The minimum Gasteiger partial charge on any atom is -0.258 e. The summed E-state index contributed by atoms with van der Waals surface area (Å²) in [5.74, 6) is 0. The highest BCUT2D eigenvalue weighted by atomic mass is 16.6. The summed E-state index contributed by atoms with van der Waals surface area (Å²) in [6.45, 7) is 3.64. The summed E-state index contributed by atoms with van der Waals surface area (Å²) in [4.78, 5) is 25.2. The van der Waals surface area contributed by atoms with Crippen LogP contribution in [-0.2, 0) is 0 Å². The standard InChI is InChI=1S/C18H15N5O4/c1-12-18(19-11-14-4-3-5-17(10-14)23(26)27)13(2)21(20-12)15-6-8-16(9-7-15)22(24)25/h3-11H,1-2H3. The van der Waals surface area contributed by atoms with Crippen molar-refractivity contribution in [1.82, 2.24) is 9.78 Å². The zero-order valence-electron chi connectivity index (χ0n) is 14.6. The predicted octanol–water partition coefficient (Wildman–Crippen LogP) is 4.06. The number of rotatable bonds is 5. The number of aliphatic imine (C=N–C) groups is 1. The van der Waals surface area contributed by atoms with E-state index in [0.717, 1.165) is 5.69 Å². The van der Waals surface area contributed by atoms with Gasteiger partial charge in [-0.2, -0.15) is 5.10 Å². The number of non-ortho nitro benzene ring substituents is 2. The summed E-state index contributed by atoms with van der Waals surface area (Å²) in [5, 5.41) is 26.1. The maximum absolute atomic E-state index is 10.9.